The fraction of sp³-hybridized carbons (Fsp3) is 0.158. The summed E-state index contributed by atoms with van der Waals surface area (Å²) in [6, 6.07) is 7.45. The van der Waals surface area contributed by atoms with E-state index in [4.69, 9.17) is 16.3 Å². The number of anilines is 2. The summed E-state index contributed by atoms with van der Waals surface area (Å²) in [5.74, 6) is 1.92. The molecule has 0 unspecified atom stereocenters. The molecular formula is C19H17ClN6O. The topological polar surface area (TPSA) is 77.8 Å². The quantitative estimate of drug-likeness (QED) is 0.570. The second-order valence-corrected chi connectivity index (χ2v) is 6.52. The van der Waals surface area contributed by atoms with Crippen LogP contribution in [0.3, 0.4) is 0 Å². The lowest BCUT2D eigenvalue weighted by Crippen LogP contribution is -2.04. The maximum atomic E-state index is 6.06. The number of pyridine rings is 1. The van der Waals surface area contributed by atoms with Crippen molar-refractivity contribution >= 4 is 33.9 Å². The molecule has 0 aliphatic carbocycles. The summed E-state index contributed by atoms with van der Waals surface area (Å²) in [7, 11) is 1.61. The molecule has 0 spiro atoms. The van der Waals surface area contributed by atoms with Gasteiger partial charge in [-0.1, -0.05) is 11.6 Å². The average Bonchev–Trinajstić information content (AvgIpc) is 3.00. The number of ether oxygens (including phenoxy) is 1. The maximum Gasteiger partial charge on any atom is 0.181 e. The molecule has 0 saturated heterocycles. The van der Waals surface area contributed by atoms with E-state index in [2.05, 4.69) is 25.5 Å². The zero-order chi connectivity index (χ0) is 19.0. The van der Waals surface area contributed by atoms with Gasteiger partial charge in [0.05, 0.1) is 30.9 Å². The first kappa shape index (κ1) is 17.2. The minimum absolute atomic E-state index is 0.621. The number of aryl methyl sites for hydroxylation is 1. The number of nitrogens with zero attached hydrogens (tertiary/aromatic N) is 5. The maximum absolute atomic E-state index is 6.06. The van der Waals surface area contributed by atoms with Crippen LogP contribution in [0, 0.1) is 13.8 Å². The molecule has 0 radical (unpaired) electrons. The number of benzene rings is 1. The Morgan fingerprint density at radius 1 is 1.11 bits per heavy atom. The first-order valence-electron chi connectivity index (χ1n) is 8.29. The van der Waals surface area contributed by atoms with Crippen molar-refractivity contribution in [1.82, 2.24) is 24.7 Å². The molecule has 0 bridgehead atoms. The number of hydrogen-bond acceptors (Lipinski definition) is 6. The van der Waals surface area contributed by atoms with Gasteiger partial charge in [0.2, 0.25) is 0 Å². The fourth-order valence-electron chi connectivity index (χ4n) is 2.84. The third-order valence-electron chi connectivity index (χ3n) is 4.42. The molecule has 0 amide bonds. The van der Waals surface area contributed by atoms with E-state index in [-0.39, 0.29) is 0 Å². The summed E-state index contributed by atoms with van der Waals surface area (Å²) >= 11 is 6.06. The Bertz CT molecular complexity index is 1140. The summed E-state index contributed by atoms with van der Waals surface area (Å²) in [6.07, 6.45) is 5.14. The van der Waals surface area contributed by atoms with Gasteiger partial charge in [0, 0.05) is 27.6 Å². The van der Waals surface area contributed by atoms with E-state index in [1.807, 2.05) is 42.7 Å². The monoisotopic (exact) mass is 380 g/mol. The smallest absolute Gasteiger partial charge is 0.181 e. The number of methoxy groups -OCH3 is 1. The molecule has 3 aromatic heterocycles. The van der Waals surface area contributed by atoms with Crippen LogP contribution in [0.4, 0.5) is 11.5 Å². The highest BCUT2D eigenvalue weighted by Crippen LogP contribution is 2.29. The van der Waals surface area contributed by atoms with E-state index in [1.165, 1.54) is 0 Å². The lowest BCUT2D eigenvalue weighted by Gasteiger charge is -2.13. The molecule has 136 valence electrons. The first-order chi connectivity index (χ1) is 13.1. The van der Waals surface area contributed by atoms with E-state index in [1.54, 1.807) is 25.8 Å². The van der Waals surface area contributed by atoms with E-state index in [0.29, 0.717) is 22.4 Å². The van der Waals surface area contributed by atoms with Gasteiger partial charge < -0.3 is 10.1 Å². The number of hydrogen-bond donors (Lipinski definition) is 1. The van der Waals surface area contributed by atoms with Gasteiger partial charge in [0.1, 0.15) is 6.33 Å². The molecule has 1 aromatic carbocycles. The molecule has 0 aliphatic rings. The predicted octanol–water partition coefficient (Wildman–Crippen LogP) is 4.23. The number of rotatable bonds is 4. The second-order valence-electron chi connectivity index (χ2n) is 6.09. The minimum atomic E-state index is 0.621. The van der Waals surface area contributed by atoms with Gasteiger partial charge in [0.15, 0.2) is 17.4 Å². The summed E-state index contributed by atoms with van der Waals surface area (Å²) in [5, 5.41) is 14.0. The SMILES string of the molecule is COc1cc(Nc2nncc3cc(Cl)ccc23)cnc1-n1cnc(C)c1C. The average molecular weight is 381 g/mol. The Morgan fingerprint density at radius 2 is 1.96 bits per heavy atom. The van der Waals surface area contributed by atoms with Crippen LogP contribution < -0.4 is 10.1 Å². The molecule has 8 heteroatoms. The van der Waals surface area contributed by atoms with Crippen LogP contribution in [0.1, 0.15) is 11.4 Å². The predicted molar refractivity (Wildman–Crippen MR) is 105 cm³/mol. The van der Waals surface area contributed by atoms with Gasteiger partial charge in [0.25, 0.3) is 0 Å². The van der Waals surface area contributed by atoms with E-state index in [0.717, 1.165) is 27.8 Å². The van der Waals surface area contributed by atoms with Crippen molar-refractivity contribution < 1.29 is 4.74 Å². The van der Waals surface area contributed by atoms with E-state index < -0.39 is 0 Å². The van der Waals surface area contributed by atoms with Gasteiger partial charge in [-0.05, 0) is 32.0 Å². The largest absolute Gasteiger partial charge is 0.493 e. The number of fused-ring (bicyclic) bond motifs is 1. The van der Waals surface area contributed by atoms with Crippen LogP contribution in [-0.4, -0.2) is 31.8 Å². The number of nitrogens with one attached hydrogen (secondary N) is 1. The molecule has 4 aromatic rings. The standard InChI is InChI=1S/C19H17ClN6O/c1-11-12(2)26(10-22-11)19-17(27-3)7-15(9-21-19)24-18-16-5-4-14(20)6-13(16)8-23-25-18/h4-10H,1-3H3,(H,24,25). The fourth-order valence-corrected chi connectivity index (χ4v) is 3.02. The summed E-state index contributed by atoms with van der Waals surface area (Å²) < 4.78 is 7.44. The van der Waals surface area contributed by atoms with Gasteiger partial charge in [-0.2, -0.15) is 5.10 Å². The van der Waals surface area contributed by atoms with Gasteiger partial charge >= 0.3 is 0 Å². The molecule has 3 heterocycles. The van der Waals surface area contributed by atoms with Crippen LogP contribution in [0.15, 0.2) is 43.0 Å². The van der Waals surface area contributed by atoms with Crippen molar-refractivity contribution in [2.24, 2.45) is 0 Å². The lowest BCUT2D eigenvalue weighted by atomic mass is 10.2. The van der Waals surface area contributed by atoms with Gasteiger partial charge in [-0.25, -0.2) is 9.97 Å². The third-order valence-corrected chi connectivity index (χ3v) is 4.65. The van der Waals surface area contributed by atoms with E-state index in [9.17, 15) is 0 Å². The highest BCUT2D eigenvalue weighted by atomic mass is 35.5. The summed E-state index contributed by atoms with van der Waals surface area (Å²) in [4.78, 5) is 8.87. The Morgan fingerprint density at radius 3 is 2.70 bits per heavy atom. The van der Waals surface area contributed by atoms with Gasteiger partial charge in [-0.3, -0.25) is 4.57 Å². The Balaban J connectivity index is 1.73. The van der Waals surface area contributed by atoms with Crippen LogP contribution >= 0.6 is 11.6 Å². The molecule has 7 nitrogen and oxygen atoms in total. The minimum Gasteiger partial charge on any atom is -0.493 e. The normalized spacial score (nSPS) is 11.0. The molecule has 1 N–H and O–H groups in total. The van der Waals surface area contributed by atoms with Crippen LogP contribution in [-0.2, 0) is 0 Å². The van der Waals surface area contributed by atoms with Gasteiger partial charge in [-0.15, -0.1) is 5.10 Å². The zero-order valence-electron chi connectivity index (χ0n) is 15.1. The molecule has 4 rings (SSSR count). The Kier molecular flexibility index (Phi) is 4.37. The zero-order valence-corrected chi connectivity index (χ0v) is 15.8. The Labute approximate surface area is 161 Å². The highest BCUT2D eigenvalue weighted by Gasteiger charge is 2.13. The molecule has 0 aliphatic heterocycles. The molecule has 0 atom stereocenters. The number of aromatic nitrogens is 5. The summed E-state index contributed by atoms with van der Waals surface area (Å²) in [5.41, 5.74) is 2.70. The van der Waals surface area contributed by atoms with Crippen molar-refractivity contribution in [3.63, 3.8) is 0 Å². The highest BCUT2D eigenvalue weighted by molar-refractivity contribution is 6.31. The first-order valence-corrected chi connectivity index (χ1v) is 8.67. The molecule has 0 fully saturated rings. The Hall–Kier alpha value is -3.19. The summed E-state index contributed by atoms with van der Waals surface area (Å²) in [6.45, 7) is 3.95. The molecular weight excluding hydrogens is 364 g/mol. The number of halogens is 1. The van der Waals surface area contributed by atoms with Crippen molar-refractivity contribution in [3.8, 4) is 11.6 Å². The van der Waals surface area contributed by atoms with Crippen LogP contribution in [0.25, 0.3) is 16.6 Å². The third kappa shape index (κ3) is 3.17. The van der Waals surface area contributed by atoms with Crippen LogP contribution in [0.2, 0.25) is 5.02 Å². The van der Waals surface area contributed by atoms with Crippen LogP contribution in [0.5, 0.6) is 5.75 Å². The lowest BCUT2D eigenvalue weighted by molar-refractivity contribution is 0.410. The second kappa shape index (κ2) is 6.85. The molecule has 27 heavy (non-hydrogen) atoms. The molecule has 0 saturated carbocycles. The van der Waals surface area contributed by atoms with Crippen molar-refractivity contribution in [3.05, 3.63) is 59.4 Å². The van der Waals surface area contributed by atoms with Crippen molar-refractivity contribution in [2.45, 2.75) is 13.8 Å². The van der Waals surface area contributed by atoms with Crippen molar-refractivity contribution in [1.29, 1.82) is 0 Å². The number of imidazole rings is 1. The van der Waals surface area contributed by atoms with E-state index >= 15 is 0 Å². The van der Waals surface area contributed by atoms with Crippen molar-refractivity contribution in [2.75, 3.05) is 12.4 Å².